The Morgan fingerprint density at radius 3 is 2.88 bits per heavy atom. The second kappa shape index (κ2) is 5.48. The third kappa shape index (κ3) is 3.19. The maximum absolute atomic E-state index is 9.65. The number of rotatable bonds is 2. The van der Waals surface area contributed by atoms with Crippen molar-refractivity contribution in [2.45, 2.75) is 51.2 Å². The number of hydrogen-bond donors (Lipinski definition) is 2. The number of likely N-dealkylation sites (tertiary alicyclic amines) is 1. The molecule has 2 fully saturated rings. The van der Waals surface area contributed by atoms with Gasteiger partial charge in [-0.1, -0.05) is 6.92 Å². The van der Waals surface area contributed by atoms with Gasteiger partial charge in [-0.15, -0.1) is 0 Å². The van der Waals surface area contributed by atoms with E-state index in [2.05, 4.69) is 11.8 Å². The zero-order valence-corrected chi connectivity index (χ0v) is 10.4. The molecule has 1 aliphatic carbocycles. The van der Waals surface area contributed by atoms with E-state index in [1.165, 1.54) is 19.3 Å². The lowest BCUT2D eigenvalue weighted by Crippen LogP contribution is -2.46. The average Bonchev–Trinajstić information content (AvgIpc) is 2.24. The summed E-state index contributed by atoms with van der Waals surface area (Å²) in [6.07, 6.45) is 5.75. The summed E-state index contributed by atoms with van der Waals surface area (Å²) >= 11 is 0. The second-order valence-electron chi connectivity index (χ2n) is 5.90. The fourth-order valence-corrected chi connectivity index (χ4v) is 3.26. The molecular weight excluding hydrogens is 200 g/mol. The summed E-state index contributed by atoms with van der Waals surface area (Å²) in [5.74, 6) is 1.48. The van der Waals surface area contributed by atoms with Crippen molar-refractivity contribution in [3.63, 3.8) is 0 Å². The van der Waals surface area contributed by atoms with Crippen LogP contribution in [0.3, 0.4) is 0 Å². The van der Waals surface area contributed by atoms with Gasteiger partial charge < -0.3 is 15.7 Å². The number of nitrogens with two attached hydrogens (primary N) is 1. The van der Waals surface area contributed by atoms with Crippen molar-refractivity contribution >= 4 is 0 Å². The summed E-state index contributed by atoms with van der Waals surface area (Å²) in [7, 11) is 0. The first-order chi connectivity index (χ1) is 7.65. The SMILES string of the molecule is CC1CCC(N)C(CN2CCCC(O)C2)C1. The van der Waals surface area contributed by atoms with Gasteiger partial charge in [0.15, 0.2) is 0 Å². The molecule has 4 unspecified atom stereocenters. The first-order valence-corrected chi connectivity index (χ1v) is 6.81. The molecule has 0 bridgehead atoms. The molecule has 0 amide bonds. The third-order valence-electron chi connectivity index (χ3n) is 4.28. The van der Waals surface area contributed by atoms with Crippen LogP contribution in [0.1, 0.15) is 39.0 Å². The molecule has 0 radical (unpaired) electrons. The standard InChI is InChI=1S/C13H26N2O/c1-10-4-5-13(14)11(7-10)8-15-6-2-3-12(16)9-15/h10-13,16H,2-9,14H2,1H3. The molecule has 94 valence electrons. The van der Waals surface area contributed by atoms with Crippen molar-refractivity contribution in [3.8, 4) is 0 Å². The highest BCUT2D eigenvalue weighted by Crippen LogP contribution is 2.29. The minimum absolute atomic E-state index is 0.106. The molecule has 3 N–H and O–H groups in total. The van der Waals surface area contributed by atoms with Crippen LogP contribution in [-0.2, 0) is 0 Å². The monoisotopic (exact) mass is 226 g/mol. The number of aliphatic hydroxyl groups is 1. The van der Waals surface area contributed by atoms with E-state index in [1.807, 2.05) is 0 Å². The summed E-state index contributed by atoms with van der Waals surface area (Å²) < 4.78 is 0. The number of nitrogens with zero attached hydrogens (tertiary/aromatic N) is 1. The lowest BCUT2D eigenvalue weighted by molar-refractivity contribution is 0.0525. The lowest BCUT2D eigenvalue weighted by atomic mass is 9.79. The number of hydrogen-bond acceptors (Lipinski definition) is 3. The molecule has 3 heteroatoms. The summed E-state index contributed by atoms with van der Waals surface area (Å²) in [4.78, 5) is 2.41. The Morgan fingerprint density at radius 2 is 2.12 bits per heavy atom. The van der Waals surface area contributed by atoms with Crippen molar-refractivity contribution in [2.24, 2.45) is 17.6 Å². The van der Waals surface area contributed by atoms with Crippen molar-refractivity contribution < 1.29 is 5.11 Å². The Kier molecular flexibility index (Phi) is 4.22. The molecule has 0 aromatic heterocycles. The molecule has 2 rings (SSSR count). The third-order valence-corrected chi connectivity index (χ3v) is 4.28. The molecule has 0 spiro atoms. The van der Waals surface area contributed by atoms with Crippen LogP contribution in [0.5, 0.6) is 0 Å². The smallest absolute Gasteiger partial charge is 0.0667 e. The highest BCUT2D eigenvalue weighted by Gasteiger charge is 2.28. The van der Waals surface area contributed by atoms with Gasteiger partial charge in [0, 0.05) is 19.1 Å². The van der Waals surface area contributed by atoms with Crippen LogP contribution in [0.2, 0.25) is 0 Å². The average molecular weight is 226 g/mol. The van der Waals surface area contributed by atoms with Crippen LogP contribution >= 0.6 is 0 Å². The van der Waals surface area contributed by atoms with E-state index >= 15 is 0 Å². The molecular formula is C13H26N2O. The zero-order valence-electron chi connectivity index (χ0n) is 10.4. The van der Waals surface area contributed by atoms with E-state index in [0.717, 1.165) is 38.4 Å². The van der Waals surface area contributed by atoms with E-state index in [4.69, 9.17) is 5.73 Å². The van der Waals surface area contributed by atoms with Gasteiger partial charge in [0.25, 0.3) is 0 Å². The normalized spacial score (nSPS) is 42.2. The van der Waals surface area contributed by atoms with Crippen LogP contribution in [0.25, 0.3) is 0 Å². The molecule has 1 heterocycles. The first kappa shape index (κ1) is 12.3. The molecule has 2 aliphatic rings. The first-order valence-electron chi connectivity index (χ1n) is 6.81. The maximum Gasteiger partial charge on any atom is 0.0667 e. The van der Waals surface area contributed by atoms with Crippen molar-refractivity contribution in [2.75, 3.05) is 19.6 Å². The van der Waals surface area contributed by atoms with E-state index in [-0.39, 0.29) is 6.10 Å². The predicted octanol–water partition coefficient (Wildman–Crippen LogP) is 1.21. The number of aliphatic hydroxyl groups excluding tert-OH is 1. The Labute approximate surface area is 99.0 Å². The molecule has 1 aliphatic heterocycles. The highest BCUT2D eigenvalue weighted by atomic mass is 16.3. The van der Waals surface area contributed by atoms with Crippen LogP contribution in [-0.4, -0.2) is 41.8 Å². The molecule has 3 nitrogen and oxygen atoms in total. The van der Waals surface area contributed by atoms with E-state index < -0.39 is 0 Å². The number of β-amino-alcohol motifs (C(OH)–C–C–N with tert-alkyl or cyclic N) is 1. The van der Waals surface area contributed by atoms with Gasteiger partial charge in [0.2, 0.25) is 0 Å². The van der Waals surface area contributed by atoms with Gasteiger partial charge >= 0.3 is 0 Å². The predicted molar refractivity (Wildman–Crippen MR) is 66.2 cm³/mol. The van der Waals surface area contributed by atoms with E-state index in [1.54, 1.807) is 0 Å². The van der Waals surface area contributed by atoms with Crippen LogP contribution in [0.4, 0.5) is 0 Å². The van der Waals surface area contributed by atoms with Gasteiger partial charge in [-0.2, -0.15) is 0 Å². The van der Waals surface area contributed by atoms with Crippen LogP contribution in [0, 0.1) is 11.8 Å². The van der Waals surface area contributed by atoms with Crippen LogP contribution < -0.4 is 5.73 Å². The van der Waals surface area contributed by atoms with Gasteiger partial charge in [-0.3, -0.25) is 0 Å². The van der Waals surface area contributed by atoms with Gasteiger partial charge in [-0.25, -0.2) is 0 Å². The van der Waals surface area contributed by atoms with E-state index in [0.29, 0.717) is 12.0 Å². The van der Waals surface area contributed by atoms with Gasteiger partial charge in [-0.05, 0) is 50.5 Å². The molecule has 16 heavy (non-hydrogen) atoms. The quantitative estimate of drug-likeness (QED) is 0.744. The summed E-state index contributed by atoms with van der Waals surface area (Å²) in [5.41, 5.74) is 6.20. The fourth-order valence-electron chi connectivity index (χ4n) is 3.26. The molecule has 4 atom stereocenters. The molecule has 1 saturated carbocycles. The summed E-state index contributed by atoms with van der Waals surface area (Å²) in [6, 6.07) is 0.385. The van der Waals surface area contributed by atoms with Gasteiger partial charge in [0.05, 0.1) is 6.10 Å². The second-order valence-corrected chi connectivity index (χ2v) is 5.90. The number of piperidine rings is 1. The van der Waals surface area contributed by atoms with Crippen molar-refractivity contribution in [1.29, 1.82) is 0 Å². The molecule has 0 aromatic carbocycles. The largest absolute Gasteiger partial charge is 0.392 e. The Morgan fingerprint density at radius 1 is 1.31 bits per heavy atom. The lowest BCUT2D eigenvalue weighted by Gasteiger charge is -2.38. The minimum atomic E-state index is -0.106. The minimum Gasteiger partial charge on any atom is -0.392 e. The van der Waals surface area contributed by atoms with Crippen LogP contribution in [0.15, 0.2) is 0 Å². The summed E-state index contributed by atoms with van der Waals surface area (Å²) in [6.45, 7) is 5.44. The van der Waals surface area contributed by atoms with Gasteiger partial charge in [0.1, 0.15) is 0 Å². The maximum atomic E-state index is 9.65. The molecule has 0 aromatic rings. The zero-order chi connectivity index (χ0) is 11.5. The fraction of sp³-hybridized carbons (Fsp3) is 1.00. The Bertz CT molecular complexity index is 222. The topological polar surface area (TPSA) is 49.5 Å². The molecule has 1 saturated heterocycles. The van der Waals surface area contributed by atoms with Crippen molar-refractivity contribution in [3.05, 3.63) is 0 Å². The van der Waals surface area contributed by atoms with E-state index in [9.17, 15) is 5.11 Å². The Hall–Kier alpha value is -0.120. The van der Waals surface area contributed by atoms with Crippen molar-refractivity contribution in [1.82, 2.24) is 4.90 Å². The summed E-state index contributed by atoms with van der Waals surface area (Å²) in [5, 5.41) is 9.65. The highest BCUT2D eigenvalue weighted by molar-refractivity contribution is 4.84. The Balaban J connectivity index is 1.82.